The van der Waals surface area contributed by atoms with Crippen molar-refractivity contribution in [2.45, 2.75) is 63.9 Å². The Labute approximate surface area is 154 Å². The molecule has 4 aliphatic carbocycles. The first-order chi connectivity index (χ1) is 12.4. The van der Waals surface area contributed by atoms with E-state index >= 15 is 0 Å². The summed E-state index contributed by atoms with van der Waals surface area (Å²) in [5.41, 5.74) is 0.810. The van der Waals surface area contributed by atoms with Crippen LogP contribution in [-0.2, 0) is 9.53 Å². The lowest BCUT2D eigenvalue weighted by Crippen LogP contribution is -2.49. The average molecular weight is 356 g/mol. The van der Waals surface area contributed by atoms with Gasteiger partial charge in [-0.3, -0.25) is 4.79 Å². The lowest BCUT2D eigenvalue weighted by Gasteiger charge is -2.58. The predicted octanol–water partition coefficient (Wildman–Crippen LogP) is 4.29. The Hall–Kier alpha value is -1.55. The summed E-state index contributed by atoms with van der Waals surface area (Å²) in [4.78, 5) is 11.3. The Kier molecular flexibility index (Phi) is 3.35. The quantitative estimate of drug-likeness (QED) is 0.803. The van der Waals surface area contributed by atoms with Gasteiger partial charge in [0, 0.05) is 12.5 Å². The molecule has 4 heteroatoms. The summed E-state index contributed by atoms with van der Waals surface area (Å²) >= 11 is 0. The van der Waals surface area contributed by atoms with Crippen LogP contribution in [0.5, 0.6) is 0 Å². The fraction of sp³-hybridized carbons (Fsp3) is 0.682. The fourth-order valence-corrected chi connectivity index (χ4v) is 7.27. The van der Waals surface area contributed by atoms with Gasteiger partial charge in [-0.1, -0.05) is 13.0 Å². The standard InChI is InChI=1S/C22H28O4/c1-14(23)26-13-22(24)12-21-9-5-17-16-7-10-25-18(16)6-8-20(17,2)19(21)4-3-15(22)11-21/h6-8,10,15,17,19,24H,3-5,9,11-13H2,1-2H3/t15?,17?,19?,20-,21+,22+/m1/s1. The van der Waals surface area contributed by atoms with E-state index in [1.807, 2.05) is 6.26 Å². The predicted molar refractivity (Wildman–Crippen MR) is 97.3 cm³/mol. The number of fused-ring (bicyclic) bond motifs is 5. The lowest BCUT2D eigenvalue weighted by atomic mass is 9.46. The molecule has 0 amide bonds. The van der Waals surface area contributed by atoms with Crippen LogP contribution >= 0.6 is 0 Å². The minimum Gasteiger partial charge on any atom is -0.465 e. The molecule has 1 N–H and O–H groups in total. The summed E-state index contributed by atoms with van der Waals surface area (Å²) in [6.45, 7) is 4.00. The number of carbonyl (C=O) groups is 1. The van der Waals surface area contributed by atoms with Crippen LogP contribution in [0.15, 0.2) is 22.8 Å². The van der Waals surface area contributed by atoms with E-state index in [1.54, 1.807) is 0 Å². The van der Waals surface area contributed by atoms with Crippen molar-refractivity contribution in [1.29, 1.82) is 0 Å². The first kappa shape index (κ1) is 16.6. The Morgan fingerprint density at radius 1 is 1.38 bits per heavy atom. The molecular formula is C22H28O4. The molecule has 26 heavy (non-hydrogen) atoms. The van der Waals surface area contributed by atoms with Crippen molar-refractivity contribution in [1.82, 2.24) is 0 Å². The van der Waals surface area contributed by atoms with Crippen LogP contribution in [0.1, 0.15) is 69.6 Å². The largest absolute Gasteiger partial charge is 0.465 e. The van der Waals surface area contributed by atoms with Gasteiger partial charge >= 0.3 is 5.97 Å². The summed E-state index contributed by atoms with van der Waals surface area (Å²) in [6.07, 6.45) is 12.7. The summed E-state index contributed by atoms with van der Waals surface area (Å²) in [7, 11) is 0. The molecule has 0 radical (unpaired) electrons. The molecule has 1 spiro atoms. The number of hydrogen-bond acceptors (Lipinski definition) is 4. The molecule has 4 aliphatic rings. The molecule has 3 saturated carbocycles. The number of ether oxygens (including phenoxy) is 1. The molecule has 3 fully saturated rings. The molecule has 2 bridgehead atoms. The van der Waals surface area contributed by atoms with Gasteiger partial charge in [0.1, 0.15) is 18.0 Å². The van der Waals surface area contributed by atoms with Gasteiger partial charge in [-0.15, -0.1) is 0 Å². The van der Waals surface area contributed by atoms with Gasteiger partial charge in [-0.2, -0.15) is 0 Å². The van der Waals surface area contributed by atoms with Gasteiger partial charge in [0.25, 0.3) is 0 Å². The Morgan fingerprint density at radius 2 is 2.23 bits per heavy atom. The van der Waals surface area contributed by atoms with Gasteiger partial charge < -0.3 is 14.3 Å². The van der Waals surface area contributed by atoms with Gasteiger partial charge in [0.2, 0.25) is 0 Å². The zero-order valence-electron chi connectivity index (χ0n) is 15.7. The van der Waals surface area contributed by atoms with Crippen LogP contribution in [0.3, 0.4) is 0 Å². The summed E-state index contributed by atoms with van der Waals surface area (Å²) in [6, 6.07) is 2.15. The number of furan rings is 1. The third-order valence-electron chi connectivity index (χ3n) is 8.27. The maximum atomic E-state index is 11.3. The zero-order chi connectivity index (χ0) is 18.2. The summed E-state index contributed by atoms with van der Waals surface area (Å²) in [5.74, 6) is 2.06. The molecule has 0 aliphatic heterocycles. The van der Waals surface area contributed by atoms with E-state index in [0.717, 1.165) is 44.3 Å². The van der Waals surface area contributed by atoms with Gasteiger partial charge in [0.15, 0.2) is 0 Å². The van der Waals surface area contributed by atoms with E-state index in [-0.39, 0.29) is 29.3 Å². The monoisotopic (exact) mass is 356 g/mol. The highest BCUT2D eigenvalue weighted by Crippen LogP contribution is 2.71. The van der Waals surface area contributed by atoms with E-state index in [0.29, 0.717) is 11.8 Å². The SMILES string of the molecule is CC(=O)OC[C@@]1(O)C[C@@]23CCC4c5ccoc5C=C[C@@]4(C)C2CCC1C3. The molecule has 3 unspecified atom stereocenters. The highest BCUT2D eigenvalue weighted by Gasteiger charge is 2.65. The highest BCUT2D eigenvalue weighted by molar-refractivity contribution is 5.66. The average Bonchev–Trinajstić information content (AvgIpc) is 3.14. The molecule has 0 aromatic carbocycles. The van der Waals surface area contributed by atoms with E-state index in [1.165, 1.54) is 12.5 Å². The second-order valence-electron chi connectivity index (χ2n) is 9.48. The highest BCUT2D eigenvalue weighted by atomic mass is 16.5. The van der Waals surface area contributed by atoms with Crippen LogP contribution in [0, 0.1) is 22.7 Å². The molecule has 1 heterocycles. The Bertz CT molecular complexity index is 779. The topological polar surface area (TPSA) is 59.7 Å². The van der Waals surface area contributed by atoms with Crippen LogP contribution in [0.2, 0.25) is 0 Å². The van der Waals surface area contributed by atoms with Crippen LogP contribution < -0.4 is 0 Å². The van der Waals surface area contributed by atoms with E-state index < -0.39 is 5.60 Å². The van der Waals surface area contributed by atoms with Crippen molar-refractivity contribution < 1.29 is 19.1 Å². The first-order valence-electron chi connectivity index (χ1n) is 9.99. The molecule has 0 saturated heterocycles. The molecule has 6 atom stereocenters. The molecule has 1 aromatic heterocycles. The summed E-state index contributed by atoms with van der Waals surface area (Å²) < 4.78 is 10.9. The van der Waals surface area contributed by atoms with Crippen LogP contribution in [-0.4, -0.2) is 23.3 Å². The van der Waals surface area contributed by atoms with Crippen molar-refractivity contribution >= 4 is 12.0 Å². The molecule has 5 rings (SSSR count). The second-order valence-corrected chi connectivity index (χ2v) is 9.48. The van der Waals surface area contributed by atoms with E-state index in [9.17, 15) is 9.90 Å². The van der Waals surface area contributed by atoms with Crippen molar-refractivity contribution in [3.63, 3.8) is 0 Å². The first-order valence-corrected chi connectivity index (χ1v) is 9.99. The van der Waals surface area contributed by atoms with Crippen molar-refractivity contribution in [2.24, 2.45) is 22.7 Å². The smallest absolute Gasteiger partial charge is 0.302 e. The third-order valence-corrected chi connectivity index (χ3v) is 8.27. The van der Waals surface area contributed by atoms with Gasteiger partial charge in [-0.25, -0.2) is 0 Å². The normalized spacial score (nSPS) is 45.6. The fourth-order valence-electron chi connectivity index (χ4n) is 7.27. The van der Waals surface area contributed by atoms with Crippen LogP contribution in [0.4, 0.5) is 0 Å². The van der Waals surface area contributed by atoms with Crippen LogP contribution in [0.25, 0.3) is 6.08 Å². The van der Waals surface area contributed by atoms with Crippen molar-refractivity contribution in [2.75, 3.05) is 6.61 Å². The summed E-state index contributed by atoms with van der Waals surface area (Å²) in [5, 5.41) is 11.3. The number of hydrogen-bond donors (Lipinski definition) is 1. The number of allylic oxidation sites excluding steroid dienone is 1. The molecular weight excluding hydrogens is 328 g/mol. The van der Waals surface area contributed by atoms with E-state index in [4.69, 9.17) is 9.15 Å². The lowest BCUT2D eigenvalue weighted by molar-refractivity contribution is -0.151. The zero-order valence-corrected chi connectivity index (χ0v) is 15.7. The molecule has 1 aromatic rings. The Morgan fingerprint density at radius 3 is 3.04 bits per heavy atom. The van der Waals surface area contributed by atoms with Gasteiger partial charge in [-0.05, 0) is 79.3 Å². The van der Waals surface area contributed by atoms with Gasteiger partial charge in [0.05, 0.1) is 6.26 Å². The van der Waals surface area contributed by atoms with E-state index in [2.05, 4.69) is 25.1 Å². The number of esters is 1. The maximum absolute atomic E-state index is 11.3. The number of carbonyl (C=O) groups excluding carboxylic acids is 1. The third kappa shape index (κ3) is 2.08. The second kappa shape index (κ2) is 5.25. The number of rotatable bonds is 2. The minimum atomic E-state index is -0.844. The maximum Gasteiger partial charge on any atom is 0.302 e. The van der Waals surface area contributed by atoms with Crippen molar-refractivity contribution in [3.05, 3.63) is 29.7 Å². The Balaban J connectivity index is 1.48. The number of aliphatic hydroxyl groups is 1. The minimum absolute atomic E-state index is 0.118. The van der Waals surface area contributed by atoms with Crippen molar-refractivity contribution in [3.8, 4) is 0 Å². The molecule has 140 valence electrons. The molecule has 4 nitrogen and oxygen atoms in total.